The second kappa shape index (κ2) is 10.8. The largest absolute Gasteiger partial charge is 0.352 e. The molecule has 2 heterocycles. The summed E-state index contributed by atoms with van der Waals surface area (Å²) in [4.78, 5) is 22.0. The summed E-state index contributed by atoms with van der Waals surface area (Å²) in [6, 6.07) is 5.52. The van der Waals surface area contributed by atoms with Crippen LogP contribution in [0.5, 0.6) is 0 Å². The smallest absolute Gasteiger partial charge is 0.236 e. The van der Waals surface area contributed by atoms with Crippen LogP contribution in [0.15, 0.2) is 27.6 Å². The van der Waals surface area contributed by atoms with Crippen molar-refractivity contribution in [1.29, 1.82) is 0 Å². The molecule has 198 valence electrons. The van der Waals surface area contributed by atoms with Crippen LogP contribution in [-0.4, -0.2) is 79.6 Å². The van der Waals surface area contributed by atoms with Crippen molar-refractivity contribution in [1.82, 2.24) is 25.3 Å². The lowest BCUT2D eigenvalue weighted by Gasteiger charge is -2.48. The zero-order valence-corrected chi connectivity index (χ0v) is 23.0. The Morgan fingerprint density at radius 2 is 1.94 bits per heavy atom. The highest BCUT2D eigenvalue weighted by atomic mass is 35.5. The molecule has 1 saturated carbocycles. The topological polar surface area (TPSA) is 109 Å². The Kier molecular flexibility index (Phi) is 8.09. The Morgan fingerprint density at radius 3 is 2.61 bits per heavy atom. The van der Waals surface area contributed by atoms with Gasteiger partial charge in [0.05, 0.1) is 9.92 Å². The van der Waals surface area contributed by atoms with E-state index < -0.39 is 15.6 Å². The average Bonchev–Trinajstić information content (AvgIpc) is 3.20. The number of nitrogens with one attached hydrogen (secondary N) is 1. The number of nitrogens with zero attached hydrogens (tertiary/aromatic N) is 4. The van der Waals surface area contributed by atoms with E-state index in [-0.39, 0.29) is 45.4 Å². The fourth-order valence-electron chi connectivity index (χ4n) is 5.42. The van der Waals surface area contributed by atoms with Gasteiger partial charge in [0.25, 0.3) is 0 Å². The van der Waals surface area contributed by atoms with Crippen molar-refractivity contribution in [3.8, 4) is 0 Å². The van der Waals surface area contributed by atoms with Gasteiger partial charge in [-0.1, -0.05) is 42.7 Å². The summed E-state index contributed by atoms with van der Waals surface area (Å²) in [7, 11) is -1.60. The Hall–Kier alpha value is -2.01. The van der Waals surface area contributed by atoms with Crippen LogP contribution in [-0.2, 0) is 26.8 Å². The minimum atomic E-state index is -3.77. The van der Waals surface area contributed by atoms with Crippen molar-refractivity contribution >= 4 is 27.3 Å². The number of likely N-dealkylation sites (N-methyl/N-ethyl adjacent to an activating group) is 1. The lowest BCUT2D eigenvalue weighted by atomic mass is 9.70. The van der Waals surface area contributed by atoms with Gasteiger partial charge in [0.15, 0.2) is 15.7 Å². The molecule has 2 atom stereocenters. The Bertz CT molecular complexity index is 1170. The van der Waals surface area contributed by atoms with E-state index in [9.17, 15) is 13.2 Å². The van der Waals surface area contributed by atoms with Gasteiger partial charge in [-0.2, -0.15) is 4.98 Å². The van der Waals surface area contributed by atoms with Gasteiger partial charge in [0.1, 0.15) is 12.2 Å². The summed E-state index contributed by atoms with van der Waals surface area (Å²) in [5.74, 6) is -0.555. The third-order valence-electron chi connectivity index (χ3n) is 7.50. The molecular formula is C25H36ClN5O4S. The highest BCUT2D eigenvalue weighted by Crippen LogP contribution is 2.38. The number of aromatic nitrogens is 2. The Balaban J connectivity index is 1.33. The van der Waals surface area contributed by atoms with Crippen molar-refractivity contribution in [2.45, 2.75) is 69.2 Å². The zero-order valence-electron chi connectivity index (χ0n) is 21.5. The van der Waals surface area contributed by atoms with Crippen LogP contribution in [0, 0.1) is 12.3 Å². The molecule has 4 rings (SSSR count). The molecule has 1 aliphatic carbocycles. The molecule has 1 amide bonds. The van der Waals surface area contributed by atoms with Gasteiger partial charge >= 0.3 is 0 Å². The maximum atomic E-state index is 12.9. The molecule has 2 aromatic rings. The predicted molar refractivity (Wildman–Crippen MR) is 138 cm³/mol. The lowest BCUT2D eigenvalue weighted by Crippen LogP contribution is -2.56. The molecule has 0 radical (unpaired) electrons. The third-order valence-corrected chi connectivity index (χ3v) is 9.73. The van der Waals surface area contributed by atoms with E-state index in [1.165, 1.54) is 6.07 Å². The summed E-state index contributed by atoms with van der Waals surface area (Å²) in [5, 5.41) is 7.10. The van der Waals surface area contributed by atoms with Gasteiger partial charge < -0.3 is 14.7 Å². The second-order valence-corrected chi connectivity index (χ2v) is 13.1. The summed E-state index contributed by atoms with van der Waals surface area (Å²) < 4.78 is 30.9. The summed E-state index contributed by atoms with van der Waals surface area (Å²) in [6.45, 7) is 10.5. The molecule has 9 nitrogen and oxygen atoms in total. The van der Waals surface area contributed by atoms with E-state index in [2.05, 4.69) is 46.2 Å². The van der Waals surface area contributed by atoms with Crippen LogP contribution in [0.25, 0.3) is 0 Å². The van der Waals surface area contributed by atoms with Crippen LogP contribution in [0.4, 0.5) is 0 Å². The molecule has 1 N–H and O–H groups in total. The molecule has 2 unspecified atom stereocenters. The van der Waals surface area contributed by atoms with E-state index in [4.69, 9.17) is 16.1 Å². The number of sulfone groups is 1. The number of halogens is 1. The first-order valence-electron chi connectivity index (χ1n) is 12.5. The van der Waals surface area contributed by atoms with Crippen LogP contribution in [0.2, 0.25) is 5.02 Å². The first-order valence-corrected chi connectivity index (χ1v) is 14.5. The number of carbonyl (C=O) groups is 1. The summed E-state index contributed by atoms with van der Waals surface area (Å²) in [5.41, 5.74) is 0.513. The number of piperazine rings is 1. The molecule has 1 aromatic heterocycles. The van der Waals surface area contributed by atoms with Gasteiger partial charge in [-0.05, 0) is 50.3 Å². The van der Waals surface area contributed by atoms with E-state index in [0.717, 1.165) is 45.4 Å². The number of carbonyl (C=O) groups excluding carboxylic acids is 1. The monoisotopic (exact) mass is 537 g/mol. The van der Waals surface area contributed by atoms with Crippen LogP contribution in [0.3, 0.4) is 0 Å². The molecule has 2 aliphatic rings. The van der Waals surface area contributed by atoms with Gasteiger partial charge in [-0.3, -0.25) is 9.69 Å². The van der Waals surface area contributed by atoms with Crippen molar-refractivity contribution in [2.75, 3.05) is 33.2 Å². The van der Waals surface area contributed by atoms with Gasteiger partial charge in [0, 0.05) is 38.3 Å². The van der Waals surface area contributed by atoms with E-state index in [1.54, 1.807) is 19.1 Å². The van der Waals surface area contributed by atoms with Crippen molar-refractivity contribution in [3.05, 3.63) is 40.5 Å². The number of rotatable bonds is 7. The quantitative estimate of drug-likeness (QED) is 0.574. The normalized spacial score (nSPS) is 23.5. The minimum Gasteiger partial charge on any atom is -0.352 e. The fraction of sp³-hybridized carbons (Fsp3) is 0.640. The van der Waals surface area contributed by atoms with Crippen LogP contribution >= 0.6 is 11.6 Å². The second-order valence-electron chi connectivity index (χ2n) is 10.8. The highest BCUT2D eigenvalue weighted by Gasteiger charge is 2.40. The van der Waals surface area contributed by atoms with Gasteiger partial charge in [-0.15, -0.1) is 0 Å². The molecule has 36 heavy (non-hydrogen) atoms. The predicted octanol–water partition coefficient (Wildman–Crippen LogP) is 2.86. The standard InChI is InChI=1S/C25H36ClN5O4S/c1-17-6-5-7-19(26)24(17)36(33,34)16-21-28-23(35-29-21)14-22(32)27-20-9-8-18(15-25(20,2)3)31-12-10-30(4)11-13-31/h5-7,18,20H,8-16H2,1-4H3,(H,27,32). The van der Waals surface area contributed by atoms with Crippen molar-refractivity contribution in [3.63, 3.8) is 0 Å². The molecule has 2 fully saturated rings. The van der Waals surface area contributed by atoms with E-state index >= 15 is 0 Å². The maximum absolute atomic E-state index is 12.9. The number of hydrogen-bond donors (Lipinski definition) is 1. The van der Waals surface area contributed by atoms with Crippen LogP contribution < -0.4 is 5.32 Å². The SMILES string of the molecule is Cc1cccc(Cl)c1S(=O)(=O)Cc1noc(CC(=O)NC2CCC(N3CCN(C)CC3)CC2(C)C)n1. The number of amides is 1. The molecule has 1 saturated heterocycles. The number of hydrogen-bond acceptors (Lipinski definition) is 8. The number of benzene rings is 1. The molecule has 0 bridgehead atoms. The summed E-state index contributed by atoms with van der Waals surface area (Å²) >= 11 is 6.13. The number of aryl methyl sites for hydroxylation is 1. The van der Waals surface area contributed by atoms with E-state index in [1.807, 2.05) is 0 Å². The third kappa shape index (κ3) is 6.27. The van der Waals surface area contributed by atoms with Crippen molar-refractivity contribution in [2.24, 2.45) is 5.41 Å². The fourth-order valence-corrected chi connectivity index (χ4v) is 7.52. The van der Waals surface area contributed by atoms with Gasteiger partial charge in [0.2, 0.25) is 11.8 Å². The summed E-state index contributed by atoms with van der Waals surface area (Å²) in [6.07, 6.45) is 2.92. The maximum Gasteiger partial charge on any atom is 0.236 e. The lowest BCUT2D eigenvalue weighted by molar-refractivity contribution is -0.123. The highest BCUT2D eigenvalue weighted by molar-refractivity contribution is 7.90. The van der Waals surface area contributed by atoms with Crippen molar-refractivity contribution < 1.29 is 17.7 Å². The first kappa shape index (κ1) is 27.0. The molecule has 0 spiro atoms. The molecule has 11 heteroatoms. The molecule has 1 aromatic carbocycles. The Labute approximate surface area is 218 Å². The van der Waals surface area contributed by atoms with E-state index in [0.29, 0.717) is 11.6 Å². The van der Waals surface area contributed by atoms with Crippen LogP contribution in [0.1, 0.15) is 50.4 Å². The molecule has 1 aliphatic heterocycles. The minimum absolute atomic E-state index is 0.00475. The Morgan fingerprint density at radius 1 is 1.22 bits per heavy atom. The zero-order chi connectivity index (χ0) is 26.1. The average molecular weight is 538 g/mol. The van der Waals surface area contributed by atoms with Gasteiger partial charge in [-0.25, -0.2) is 8.42 Å². The molecular weight excluding hydrogens is 502 g/mol. The first-order chi connectivity index (χ1) is 16.9.